The fourth-order valence-corrected chi connectivity index (χ4v) is 4.55. The van der Waals surface area contributed by atoms with Crippen molar-refractivity contribution in [3.63, 3.8) is 0 Å². The summed E-state index contributed by atoms with van der Waals surface area (Å²) in [7, 11) is 0. The smallest absolute Gasteiger partial charge is 0.208 e. The first-order chi connectivity index (χ1) is 12.0. The van der Waals surface area contributed by atoms with Crippen LogP contribution in [0.2, 0.25) is 5.02 Å². The number of aromatic nitrogens is 2. The second-order valence-corrected chi connectivity index (χ2v) is 7.64. The first-order valence-electron chi connectivity index (χ1n) is 7.80. The van der Waals surface area contributed by atoms with Crippen LogP contribution in [0, 0.1) is 28.6 Å². The van der Waals surface area contributed by atoms with Crippen molar-refractivity contribution in [2.24, 2.45) is 17.0 Å². The van der Waals surface area contributed by atoms with Crippen LogP contribution in [-0.2, 0) is 0 Å². The van der Waals surface area contributed by atoms with E-state index in [-0.39, 0.29) is 11.7 Å². The molecule has 7 nitrogen and oxygen atoms in total. The molecule has 25 heavy (non-hydrogen) atoms. The number of halogens is 2. The molecule has 3 heterocycles. The van der Waals surface area contributed by atoms with Gasteiger partial charge in [0.2, 0.25) is 11.0 Å². The number of amidine groups is 1. The summed E-state index contributed by atoms with van der Waals surface area (Å²) >= 11 is 7.51. The van der Waals surface area contributed by atoms with Gasteiger partial charge in [-0.1, -0.05) is 22.9 Å². The Bertz CT molecular complexity index is 827. The maximum Gasteiger partial charge on any atom is 0.208 e. The van der Waals surface area contributed by atoms with Gasteiger partial charge in [-0.05, 0) is 18.2 Å². The maximum absolute atomic E-state index is 13.5. The lowest BCUT2D eigenvalue weighted by molar-refractivity contribution is 0.533. The summed E-state index contributed by atoms with van der Waals surface area (Å²) in [4.78, 5) is 4.32. The minimum absolute atomic E-state index is 0.171. The van der Waals surface area contributed by atoms with Crippen molar-refractivity contribution < 1.29 is 4.39 Å². The highest BCUT2D eigenvalue weighted by Crippen LogP contribution is 2.39. The molecule has 0 amide bonds. The lowest BCUT2D eigenvalue weighted by Gasteiger charge is -2.23. The number of fused-ring (bicyclic) bond motifs is 1. The van der Waals surface area contributed by atoms with E-state index in [1.807, 2.05) is 0 Å². The van der Waals surface area contributed by atoms with Crippen LogP contribution in [0.25, 0.3) is 0 Å². The molecule has 2 aliphatic rings. The highest BCUT2D eigenvalue weighted by Gasteiger charge is 2.41. The summed E-state index contributed by atoms with van der Waals surface area (Å²) in [6.07, 6.45) is 0. The van der Waals surface area contributed by atoms with E-state index in [2.05, 4.69) is 25.1 Å². The number of hydrogen-bond acceptors (Lipinski definition) is 7. The highest BCUT2D eigenvalue weighted by atomic mass is 35.5. The Morgan fingerprint density at radius 3 is 2.56 bits per heavy atom. The quantitative estimate of drug-likeness (QED) is 0.486. The van der Waals surface area contributed by atoms with E-state index >= 15 is 0 Å². The fraction of sp³-hybridized carbons (Fsp3) is 0.400. The molecular formula is C15H15ClFN7S. The number of anilines is 2. The van der Waals surface area contributed by atoms with Gasteiger partial charge < -0.3 is 9.80 Å². The minimum Gasteiger partial charge on any atom is -0.370 e. The summed E-state index contributed by atoms with van der Waals surface area (Å²) in [6.45, 7) is 3.34. The van der Waals surface area contributed by atoms with Crippen LogP contribution in [0.1, 0.15) is 5.01 Å². The van der Waals surface area contributed by atoms with Crippen molar-refractivity contribution in [2.45, 2.75) is 0 Å². The zero-order valence-electron chi connectivity index (χ0n) is 13.1. The zero-order chi connectivity index (χ0) is 17.6. The van der Waals surface area contributed by atoms with Crippen LogP contribution in [0.5, 0.6) is 0 Å². The summed E-state index contributed by atoms with van der Waals surface area (Å²) in [6, 6.07) is 4.47. The normalized spacial score (nSPS) is 22.3. The van der Waals surface area contributed by atoms with E-state index in [0.717, 1.165) is 37.0 Å². The molecule has 2 unspecified atom stereocenters. The van der Waals surface area contributed by atoms with Gasteiger partial charge in [-0.2, -0.15) is 0 Å². The van der Waals surface area contributed by atoms with Crippen LogP contribution in [-0.4, -0.2) is 42.2 Å². The van der Waals surface area contributed by atoms with Crippen LogP contribution < -0.4 is 9.80 Å². The molecule has 130 valence electrons. The Balaban J connectivity index is 1.45. The third kappa shape index (κ3) is 2.98. The molecule has 2 N–H and O–H groups in total. The molecule has 0 radical (unpaired) electrons. The van der Waals surface area contributed by atoms with Gasteiger partial charge in [0, 0.05) is 38.0 Å². The van der Waals surface area contributed by atoms with Crippen LogP contribution in [0.3, 0.4) is 0 Å². The van der Waals surface area contributed by atoms with Gasteiger partial charge >= 0.3 is 0 Å². The summed E-state index contributed by atoms with van der Waals surface area (Å²) in [5, 5.41) is 20.4. The molecule has 2 aliphatic heterocycles. The second kappa shape index (κ2) is 6.30. The Morgan fingerprint density at radius 1 is 1.20 bits per heavy atom. The predicted molar refractivity (Wildman–Crippen MR) is 94.7 cm³/mol. The average Bonchev–Trinajstić information content (AvgIpc) is 3.29. The van der Waals surface area contributed by atoms with Gasteiger partial charge in [-0.15, -0.1) is 15.3 Å². The molecule has 1 aromatic heterocycles. The molecular weight excluding hydrogens is 365 g/mol. The number of nitrogens with one attached hydrogen (secondary N) is 2. The summed E-state index contributed by atoms with van der Waals surface area (Å²) in [5.41, 5.74) is 7.64. The van der Waals surface area contributed by atoms with Crippen molar-refractivity contribution in [1.82, 2.24) is 10.2 Å². The first kappa shape index (κ1) is 16.3. The first-order valence-corrected chi connectivity index (χ1v) is 8.99. The maximum atomic E-state index is 13.5. The molecule has 0 spiro atoms. The Hall–Kier alpha value is -2.13. The lowest BCUT2D eigenvalue weighted by atomic mass is 10.0. The third-order valence-electron chi connectivity index (χ3n) is 4.73. The molecule has 2 atom stereocenters. The largest absolute Gasteiger partial charge is 0.370 e. The van der Waals surface area contributed by atoms with Crippen molar-refractivity contribution in [2.75, 3.05) is 36.0 Å². The van der Waals surface area contributed by atoms with Crippen molar-refractivity contribution >= 4 is 39.6 Å². The van der Waals surface area contributed by atoms with E-state index in [0.29, 0.717) is 21.9 Å². The molecule has 0 bridgehead atoms. The monoisotopic (exact) mass is 379 g/mol. The second-order valence-electron chi connectivity index (χ2n) is 6.28. The van der Waals surface area contributed by atoms with Crippen molar-refractivity contribution in [1.29, 1.82) is 10.9 Å². The van der Waals surface area contributed by atoms with Crippen LogP contribution in [0.4, 0.5) is 15.2 Å². The van der Waals surface area contributed by atoms with Gasteiger partial charge in [-0.3, -0.25) is 5.41 Å². The highest BCUT2D eigenvalue weighted by molar-refractivity contribution is 7.17. The minimum atomic E-state index is -0.276. The number of rotatable bonds is 3. The number of nitrogens with zero attached hydrogens (tertiary/aromatic N) is 5. The van der Waals surface area contributed by atoms with E-state index in [4.69, 9.17) is 22.5 Å². The van der Waals surface area contributed by atoms with Gasteiger partial charge in [0.05, 0.1) is 10.7 Å². The van der Waals surface area contributed by atoms with Gasteiger partial charge in [-0.25, -0.2) is 9.92 Å². The van der Waals surface area contributed by atoms with E-state index in [1.165, 1.54) is 23.5 Å². The molecule has 2 saturated heterocycles. The van der Waals surface area contributed by atoms with E-state index in [1.54, 1.807) is 6.07 Å². The van der Waals surface area contributed by atoms with Gasteiger partial charge in [0.25, 0.3) is 0 Å². The molecule has 10 heteroatoms. The SMILES string of the molecule is N=NC(=N)c1nnc(N2CC3CN(c4cc(F)ccc4Cl)CC3C2)s1. The molecule has 1 aromatic carbocycles. The van der Waals surface area contributed by atoms with Crippen LogP contribution >= 0.6 is 22.9 Å². The fourth-order valence-electron chi connectivity index (χ4n) is 3.56. The lowest BCUT2D eigenvalue weighted by Crippen LogP contribution is -2.28. The topological polar surface area (TPSA) is 92.3 Å². The predicted octanol–water partition coefficient (Wildman–Crippen LogP) is 3.26. The number of hydrogen-bond donors (Lipinski definition) is 2. The van der Waals surface area contributed by atoms with Crippen molar-refractivity contribution in [3.8, 4) is 0 Å². The zero-order valence-corrected chi connectivity index (χ0v) is 14.7. The molecule has 2 aromatic rings. The molecule has 4 rings (SSSR count). The van der Waals surface area contributed by atoms with E-state index < -0.39 is 0 Å². The summed E-state index contributed by atoms with van der Waals surface area (Å²) < 4.78 is 13.5. The standard InChI is InChI=1S/C15H15ClFN7S/c16-11-2-1-10(17)3-12(11)23-4-8-6-24(7-9(8)5-23)15-22-21-14(25-15)13(18)20-19/h1-3,8-9,18-19H,4-7H2. The Kier molecular flexibility index (Phi) is 4.12. The van der Waals surface area contributed by atoms with Crippen molar-refractivity contribution in [3.05, 3.63) is 34.0 Å². The Morgan fingerprint density at radius 2 is 1.88 bits per heavy atom. The third-order valence-corrected chi connectivity index (χ3v) is 6.04. The molecule has 0 saturated carbocycles. The number of benzene rings is 1. The van der Waals surface area contributed by atoms with Gasteiger partial charge in [0.15, 0.2) is 5.01 Å². The summed E-state index contributed by atoms with van der Waals surface area (Å²) in [5.74, 6) is 0.454. The van der Waals surface area contributed by atoms with E-state index in [9.17, 15) is 4.39 Å². The van der Waals surface area contributed by atoms with Crippen LogP contribution in [0.15, 0.2) is 23.3 Å². The van der Waals surface area contributed by atoms with Gasteiger partial charge in [0.1, 0.15) is 5.82 Å². The molecule has 2 fully saturated rings. The molecule has 0 aliphatic carbocycles. The Labute approximate surface area is 152 Å². The average molecular weight is 380 g/mol.